The van der Waals surface area contributed by atoms with Crippen LogP contribution in [0.5, 0.6) is 5.75 Å². The Balaban J connectivity index is 2.31. The molecular weight excluding hydrogens is 318 g/mol. The van der Waals surface area contributed by atoms with Crippen molar-refractivity contribution in [1.29, 1.82) is 0 Å². The fourth-order valence-electron chi connectivity index (χ4n) is 3.04. The van der Waals surface area contributed by atoms with Gasteiger partial charge in [-0.1, -0.05) is 24.3 Å². The number of nitrogens with zero attached hydrogens (tertiary/aromatic N) is 1. The maximum absolute atomic E-state index is 12.4. The first-order valence-electron chi connectivity index (χ1n) is 7.89. The van der Waals surface area contributed by atoms with Gasteiger partial charge in [-0.2, -0.15) is 0 Å². The lowest BCUT2D eigenvalue weighted by Gasteiger charge is -2.12. The van der Waals surface area contributed by atoms with E-state index in [4.69, 9.17) is 9.47 Å². The summed E-state index contributed by atoms with van der Waals surface area (Å²) in [5.74, 6) is 0.121. The zero-order valence-electron chi connectivity index (χ0n) is 14.4. The molecule has 0 radical (unpaired) electrons. The van der Waals surface area contributed by atoms with Crippen LogP contribution in [0.2, 0.25) is 0 Å². The third-order valence-electron chi connectivity index (χ3n) is 4.40. The van der Waals surface area contributed by atoms with Gasteiger partial charge in [0.1, 0.15) is 11.4 Å². The van der Waals surface area contributed by atoms with Crippen LogP contribution < -0.4 is 4.74 Å². The predicted octanol–water partition coefficient (Wildman–Crippen LogP) is 3.61. The standard InChI is InChI=1S/C20H19NO4/c1-13-6-4-5-7-14(13)11-21-18-10-15(24-2)8-9-16(18)17(12-22)19(21)20(23)25-3/h4-10,12H,11H2,1-3H3. The van der Waals surface area contributed by atoms with Crippen LogP contribution in [0.1, 0.15) is 32.0 Å². The van der Waals surface area contributed by atoms with Crippen molar-refractivity contribution in [3.8, 4) is 5.75 Å². The number of esters is 1. The number of rotatable bonds is 5. The Morgan fingerprint density at radius 2 is 1.92 bits per heavy atom. The minimum atomic E-state index is -0.536. The number of carbonyl (C=O) groups is 2. The SMILES string of the molecule is COC(=O)c1c(C=O)c2ccc(OC)cc2n1Cc1ccccc1C. The molecule has 0 unspecified atom stereocenters. The number of carbonyl (C=O) groups excluding carboxylic acids is 2. The molecule has 0 amide bonds. The number of aromatic nitrogens is 1. The zero-order valence-corrected chi connectivity index (χ0v) is 14.4. The second-order valence-electron chi connectivity index (χ2n) is 5.77. The van der Waals surface area contributed by atoms with Crippen molar-refractivity contribution in [2.24, 2.45) is 0 Å². The predicted molar refractivity (Wildman–Crippen MR) is 95.5 cm³/mol. The summed E-state index contributed by atoms with van der Waals surface area (Å²) in [4.78, 5) is 24.1. The van der Waals surface area contributed by atoms with E-state index in [9.17, 15) is 9.59 Å². The minimum absolute atomic E-state index is 0.254. The van der Waals surface area contributed by atoms with Crippen LogP contribution >= 0.6 is 0 Å². The van der Waals surface area contributed by atoms with Gasteiger partial charge in [0.25, 0.3) is 0 Å². The number of methoxy groups -OCH3 is 2. The Bertz CT molecular complexity index is 956. The van der Waals surface area contributed by atoms with Crippen molar-refractivity contribution in [2.45, 2.75) is 13.5 Å². The second-order valence-corrected chi connectivity index (χ2v) is 5.77. The summed E-state index contributed by atoms with van der Waals surface area (Å²) in [5, 5.41) is 0.699. The van der Waals surface area contributed by atoms with Gasteiger partial charge in [-0.05, 0) is 30.2 Å². The van der Waals surface area contributed by atoms with E-state index in [1.54, 1.807) is 19.2 Å². The van der Waals surface area contributed by atoms with E-state index in [2.05, 4.69) is 0 Å². The van der Waals surface area contributed by atoms with E-state index in [0.717, 1.165) is 16.6 Å². The first-order valence-corrected chi connectivity index (χ1v) is 7.89. The first kappa shape index (κ1) is 16.8. The van der Waals surface area contributed by atoms with Gasteiger partial charge in [-0.25, -0.2) is 4.79 Å². The summed E-state index contributed by atoms with van der Waals surface area (Å²) in [7, 11) is 2.89. The van der Waals surface area contributed by atoms with Gasteiger partial charge in [0.15, 0.2) is 6.29 Å². The van der Waals surface area contributed by atoms with Crippen LogP contribution in [0, 0.1) is 6.92 Å². The van der Waals surface area contributed by atoms with Crippen LogP contribution in [0.4, 0.5) is 0 Å². The van der Waals surface area contributed by atoms with Gasteiger partial charge in [-0.3, -0.25) is 4.79 Å². The van der Waals surface area contributed by atoms with Crippen LogP contribution in [0.3, 0.4) is 0 Å². The van der Waals surface area contributed by atoms with Crippen LogP contribution in [0.25, 0.3) is 10.9 Å². The molecule has 2 aromatic carbocycles. The van der Waals surface area contributed by atoms with Crippen LogP contribution in [0.15, 0.2) is 42.5 Å². The maximum Gasteiger partial charge on any atom is 0.355 e. The molecule has 0 aliphatic rings. The molecule has 0 saturated heterocycles. The second kappa shape index (κ2) is 6.81. The van der Waals surface area contributed by atoms with E-state index in [1.165, 1.54) is 7.11 Å². The van der Waals surface area contributed by atoms with Crippen LogP contribution in [-0.4, -0.2) is 31.0 Å². The number of benzene rings is 2. The highest BCUT2D eigenvalue weighted by Gasteiger charge is 2.24. The highest BCUT2D eigenvalue weighted by atomic mass is 16.5. The van der Waals surface area contributed by atoms with Gasteiger partial charge in [0.05, 0.1) is 25.3 Å². The van der Waals surface area contributed by atoms with Gasteiger partial charge >= 0.3 is 5.97 Å². The summed E-state index contributed by atoms with van der Waals surface area (Å²) in [6, 6.07) is 13.3. The van der Waals surface area contributed by atoms with E-state index in [-0.39, 0.29) is 5.69 Å². The van der Waals surface area contributed by atoms with Crippen molar-refractivity contribution >= 4 is 23.2 Å². The minimum Gasteiger partial charge on any atom is -0.497 e. The van der Waals surface area contributed by atoms with Crippen molar-refractivity contribution in [2.75, 3.05) is 14.2 Å². The molecule has 5 heteroatoms. The molecule has 0 bridgehead atoms. The molecule has 25 heavy (non-hydrogen) atoms. The van der Waals surface area contributed by atoms with E-state index < -0.39 is 5.97 Å². The molecule has 5 nitrogen and oxygen atoms in total. The Morgan fingerprint density at radius 1 is 1.16 bits per heavy atom. The molecule has 3 aromatic rings. The van der Waals surface area contributed by atoms with E-state index >= 15 is 0 Å². The van der Waals surface area contributed by atoms with E-state index in [0.29, 0.717) is 29.5 Å². The Hall–Kier alpha value is -3.08. The molecule has 0 spiro atoms. The molecule has 0 N–H and O–H groups in total. The highest BCUT2D eigenvalue weighted by Crippen LogP contribution is 2.30. The quantitative estimate of drug-likeness (QED) is 0.527. The lowest BCUT2D eigenvalue weighted by Crippen LogP contribution is -2.14. The lowest BCUT2D eigenvalue weighted by molar-refractivity contribution is 0.0587. The number of fused-ring (bicyclic) bond motifs is 1. The van der Waals surface area contributed by atoms with Crippen molar-refractivity contribution in [1.82, 2.24) is 4.57 Å². The number of hydrogen-bond acceptors (Lipinski definition) is 4. The first-order chi connectivity index (χ1) is 12.1. The molecular formula is C20H19NO4. The third-order valence-corrected chi connectivity index (χ3v) is 4.40. The smallest absolute Gasteiger partial charge is 0.355 e. The Labute approximate surface area is 145 Å². The van der Waals surface area contributed by atoms with Gasteiger partial charge in [0, 0.05) is 18.0 Å². The van der Waals surface area contributed by atoms with Gasteiger partial charge < -0.3 is 14.0 Å². The molecule has 0 saturated carbocycles. The lowest BCUT2D eigenvalue weighted by atomic mass is 10.1. The zero-order chi connectivity index (χ0) is 18.0. The molecule has 0 aliphatic heterocycles. The average Bonchev–Trinajstić information content (AvgIpc) is 2.95. The molecule has 3 rings (SSSR count). The highest BCUT2D eigenvalue weighted by molar-refractivity contribution is 6.09. The molecule has 1 aromatic heterocycles. The molecule has 1 heterocycles. The number of aldehydes is 1. The summed E-state index contributed by atoms with van der Waals surface area (Å²) in [6.07, 6.45) is 0.704. The van der Waals surface area contributed by atoms with Gasteiger partial charge in [-0.15, -0.1) is 0 Å². The number of hydrogen-bond donors (Lipinski definition) is 0. The Kier molecular flexibility index (Phi) is 4.57. The van der Waals surface area contributed by atoms with E-state index in [1.807, 2.05) is 41.8 Å². The molecule has 0 aliphatic carbocycles. The fourth-order valence-corrected chi connectivity index (χ4v) is 3.04. The topological polar surface area (TPSA) is 57.5 Å². The van der Waals surface area contributed by atoms with Crippen molar-refractivity contribution in [3.63, 3.8) is 0 Å². The summed E-state index contributed by atoms with van der Waals surface area (Å²) >= 11 is 0. The summed E-state index contributed by atoms with van der Waals surface area (Å²) in [6.45, 7) is 2.47. The largest absolute Gasteiger partial charge is 0.497 e. The Morgan fingerprint density at radius 3 is 2.56 bits per heavy atom. The fraction of sp³-hybridized carbons (Fsp3) is 0.200. The molecule has 128 valence electrons. The summed E-state index contributed by atoms with van der Waals surface area (Å²) in [5.41, 5.74) is 3.51. The average molecular weight is 337 g/mol. The normalized spacial score (nSPS) is 10.7. The third kappa shape index (κ3) is 2.89. The molecule has 0 atom stereocenters. The summed E-state index contributed by atoms with van der Waals surface area (Å²) < 4.78 is 12.0. The van der Waals surface area contributed by atoms with Crippen molar-refractivity contribution < 1.29 is 19.1 Å². The van der Waals surface area contributed by atoms with Gasteiger partial charge in [0.2, 0.25) is 0 Å². The monoisotopic (exact) mass is 337 g/mol. The van der Waals surface area contributed by atoms with Crippen LogP contribution in [-0.2, 0) is 11.3 Å². The molecule has 0 fully saturated rings. The van der Waals surface area contributed by atoms with Crippen molar-refractivity contribution in [3.05, 3.63) is 64.8 Å². The number of ether oxygens (including phenoxy) is 2. The number of aryl methyl sites for hydroxylation is 1. The maximum atomic E-state index is 12.4.